The van der Waals surface area contributed by atoms with E-state index < -0.39 is 0 Å². The molecule has 0 saturated heterocycles. The van der Waals surface area contributed by atoms with Crippen LogP contribution < -0.4 is 5.73 Å². The molecule has 0 bridgehead atoms. The number of allylic oxidation sites excluding steroid dienone is 1. The lowest BCUT2D eigenvalue weighted by atomic mass is 10.0. The zero-order chi connectivity index (χ0) is 5.82. The molecule has 0 unspecified atom stereocenters. The SMILES string of the molecule is Cl.NCC1=CCCCC1. The van der Waals surface area contributed by atoms with E-state index in [-0.39, 0.29) is 12.4 Å². The van der Waals surface area contributed by atoms with E-state index in [9.17, 15) is 0 Å². The van der Waals surface area contributed by atoms with Gasteiger partial charge in [0, 0.05) is 6.54 Å². The van der Waals surface area contributed by atoms with Crippen LogP contribution in [0.3, 0.4) is 0 Å². The van der Waals surface area contributed by atoms with E-state index in [1.807, 2.05) is 0 Å². The van der Waals surface area contributed by atoms with Crippen LogP contribution in [-0.2, 0) is 0 Å². The molecule has 0 aromatic heterocycles. The molecule has 1 rings (SSSR count). The molecule has 0 aromatic rings. The molecule has 9 heavy (non-hydrogen) atoms. The number of nitrogens with two attached hydrogens (primary N) is 1. The van der Waals surface area contributed by atoms with Crippen molar-refractivity contribution in [2.24, 2.45) is 5.73 Å². The van der Waals surface area contributed by atoms with Crippen LogP contribution in [0.4, 0.5) is 0 Å². The van der Waals surface area contributed by atoms with Crippen molar-refractivity contribution in [2.45, 2.75) is 25.7 Å². The Bertz CT molecular complexity index is 99.1. The minimum Gasteiger partial charge on any atom is -0.327 e. The third-order valence-corrected chi connectivity index (χ3v) is 1.65. The first kappa shape index (κ1) is 8.99. The van der Waals surface area contributed by atoms with Gasteiger partial charge in [-0.15, -0.1) is 12.4 Å². The van der Waals surface area contributed by atoms with Gasteiger partial charge >= 0.3 is 0 Å². The highest BCUT2D eigenvalue weighted by Gasteiger charge is 1.99. The quantitative estimate of drug-likeness (QED) is 0.563. The van der Waals surface area contributed by atoms with Crippen molar-refractivity contribution < 1.29 is 0 Å². The van der Waals surface area contributed by atoms with Crippen LogP contribution in [-0.4, -0.2) is 6.54 Å². The lowest BCUT2D eigenvalue weighted by Crippen LogP contribution is -2.05. The maximum Gasteiger partial charge on any atom is 0.0136 e. The summed E-state index contributed by atoms with van der Waals surface area (Å²) in [6.07, 6.45) is 7.50. The first-order valence-corrected chi connectivity index (χ1v) is 3.31. The van der Waals surface area contributed by atoms with Gasteiger partial charge in [0.2, 0.25) is 0 Å². The van der Waals surface area contributed by atoms with E-state index >= 15 is 0 Å². The zero-order valence-electron chi connectivity index (χ0n) is 5.60. The Labute approximate surface area is 62.7 Å². The Hall–Kier alpha value is -0.0100. The van der Waals surface area contributed by atoms with Gasteiger partial charge in [0.25, 0.3) is 0 Å². The topological polar surface area (TPSA) is 26.0 Å². The summed E-state index contributed by atoms with van der Waals surface area (Å²) in [6, 6.07) is 0. The van der Waals surface area contributed by atoms with Gasteiger partial charge < -0.3 is 5.73 Å². The van der Waals surface area contributed by atoms with Crippen molar-refractivity contribution in [3.63, 3.8) is 0 Å². The van der Waals surface area contributed by atoms with Gasteiger partial charge in [-0.05, 0) is 25.7 Å². The summed E-state index contributed by atoms with van der Waals surface area (Å²) in [5.41, 5.74) is 6.89. The van der Waals surface area contributed by atoms with E-state index in [1.54, 1.807) is 0 Å². The maximum atomic E-state index is 5.43. The Morgan fingerprint density at radius 3 is 2.56 bits per heavy atom. The van der Waals surface area contributed by atoms with E-state index in [0.717, 1.165) is 6.54 Å². The largest absolute Gasteiger partial charge is 0.327 e. The predicted molar refractivity (Wildman–Crippen MR) is 42.9 cm³/mol. The first-order valence-electron chi connectivity index (χ1n) is 3.31. The van der Waals surface area contributed by atoms with Gasteiger partial charge in [-0.1, -0.05) is 11.6 Å². The highest BCUT2D eigenvalue weighted by molar-refractivity contribution is 5.85. The van der Waals surface area contributed by atoms with E-state index in [0.29, 0.717) is 0 Å². The van der Waals surface area contributed by atoms with Crippen LogP contribution in [0.5, 0.6) is 0 Å². The second kappa shape index (κ2) is 4.83. The molecule has 54 valence electrons. The van der Waals surface area contributed by atoms with E-state index in [2.05, 4.69) is 6.08 Å². The second-order valence-electron chi connectivity index (χ2n) is 2.31. The van der Waals surface area contributed by atoms with Crippen molar-refractivity contribution in [2.75, 3.05) is 6.54 Å². The summed E-state index contributed by atoms with van der Waals surface area (Å²) in [5, 5.41) is 0. The molecule has 0 amide bonds. The minimum absolute atomic E-state index is 0. The fourth-order valence-corrected chi connectivity index (χ4v) is 1.09. The van der Waals surface area contributed by atoms with Gasteiger partial charge in [-0.3, -0.25) is 0 Å². The summed E-state index contributed by atoms with van der Waals surface area (Å²) in [4.78, 5) is 0. The molecule has 1 aliphatic rings. The predicted octanol–water partition coefficient (Wildman–Crippen LogP) is 1.87. The third-order valence-electron chi connectivity index (χ3n) is 1.65. The van der Waals surface area contributed by atoms with Crippen LogP contribution in [0, 0.1) is 0 Å². The van der Waals surface area contributed by atoms with Crippen molar-refractivity contribution in [1.29, 1.82) is 0 Å². The zero-order valence-corrected chi connectivity index (χ0v) is 6.41. The van der Waals surface area contributed by atoms with E-state index in [4.69, 9.17) is 5.73 Å². The standard InChI is InChI=1S/C7H13N.ClH/c8-6-7-4-2-1-3-5-7;/h4H,1-3,5-6,8H2;1H. The molecule has 1 nitrogen and oxygen atoms in total. The summed E-state index contributed by atoms with van der Waals surface area (Å²) in [6.45, 7) is 0.778. The van der Waals surface area contributed by atoms with Gasteiger partial charge in [0.1, 0.15) is 0 Å². The summed E-state index contributed by atoms with van der Waals surface area (Å²) < 4.78 is 0. The van der Waals surface area contributed by atoms with Crippen LogP contribution in [0.25, 0.3) is 0 Å². The number of hydrogen-bond acceptors (Lipinski definition) is 1. The monoisotopic (exact) mass is 147 g/mol. The maximum absolute atomic E-state index is 5.43. The summed E-state index contributed by atoms with van der Waals surface area (Å²) >= 11 is 0. The molecule has 0 radical (unpaired) electrons. The molecular weight excluding hydrogens is 134 g/mol. The number of halogens is 1. The molecule has 0 spiro atoms. The van der Waals surface area contributed by atoms with Crippen LogP contribution in [0.15, 0.2) is 11.6 Å². The van der Waals surface area contributed by atoms with Crippen LogP contribution in [0.2, 0.25) is 0 Å². The van der Waals surface area contributed by atoms with Crippen LogP contribution in [0.1, 0.15) is 25.7 Å². The molecule has 0 aromatic carbocycles. The smallest absolute Gasteiger partial charge is 0.0136 e. The lowest BCUT2D eigenvalue weighted by Gasteiger charge is -2.08. The Balaban J connectivity index is 0.000000640. The molecule has 0 saturated carbocycles. The molecule has 0 fully saturated rings. The van der Waals surface area contributed by atoms with Crippen molar-refractivity contribution in [3.8, 4) is 0 Å². The van der Waals surface area contributed by atoms with Crippen LogP contribution >= 0.6 is 12.4 Å². The van der Waals surface area contributed by atoms with E-state index in [1.165, 1.54) is 31.3 Å². The van der Waals surface area contributed by atoms with Crippen molar-refractivity contribution in [1.82, 2.24) is 0 Å². The Morgan fingerprint density at radius 2 is 2.22 bits per heavy atom. The summed E-state index contributed by atoms with van der Waals surface area (Å²) in [7, 11) is 0. The number of rotatable bonds is 1. The molecule has 1 aliphatic carbocycles. The van der Waals surface area contributed by atoms with Gasteiger partial charge in [0.15, 0.2) is 0 Å². The Morgan fingerprint density at radius 1 is 1.44 bits per heavy atom. The van der Waals surface area contributed by atoms with Crippen molar-refractivity contribution >= 4 is 12.4 Å². The third kappa shape index (κ3) is 2.87. The second-order valence-corrected chi connectivity index (χ2v) is 2.31. The average molecular weight is 148 g/mol. The molecule has 0 aliphatic heterocycles. The normalized spacial score (nSPS) is 18.1. The average Bonchev–Trinajstić information content (AvgIpc) is 1.90. The Kier molecular flexibility index (Phi) is 4.83. The minimum atomic E-state index is 0. The fraction of sp³-hybridized carbons (Fsp3) is 0.714. The van der Waals surface area contributed by atoms with Crippen molar-refractivity contribution in [3.05, 3.63) is 11.6 Å². The molecule has 0 atom stereocenters. The number of hydrogen-bond donors (Lipinski definition) is 1. The molecule has 0 heterocycles. The molecule has 2 heteroatoms. The van der Waals surface area contributed by atoms with Gasteiger partial charge in [-0.2, -0.15) is 0 Å². The lowest BCUT2D eigenvalue weighted by molar-refractivity contribution is 0.691. The molecule has 2 N–H and O–H groups in total. The summed E-state index contributed by atoms with van der Waals surface area (Å²) in [5.74, 6) is 0. The van der Waals surface area contributed by atoms with Gasteiger partial charge in [0.05, 0.1) is 0 Å². The fourth-order valence-electron chi connectivity index (χ4n) is 1.09. The highest BCUT2D eigenvalue weighted by Crippen LogP contribution is 2.15. The molecular formula is C7H14ClN. The first-order chi connectivity index (χ1) is 3.93. The van der Waals surface area contributed by atoms with Gasteiger partial charge in [-0.25, -0.2) is 0 Å². The highest BCUT2D eigenvalue weighted by atomic mass is 35.5.